The standard InChI is InChI=1S/C14H10N2O3.C7H8ClN/c17-8-10-6-9-4-5-13(19)16(14(9)15-10)11-2-1-3-12(18)7-11;1-9-7-4-2-3-6(8)5-7/h1-8,15,18H;2-5,9H,1H3. The Kier molecular flexibility index (Phi) is 5.81. The number of hydrogen-bond donors (Lipinski definition) is 3. The summed E-state index contributed by atoms with van der Waals surface area (Å²) in [6.07, 6.45) is 0.692. The van der Waals surface area contributed by atoms with Crippen LogP contribution in [0, 0.1) is 0 Å². The van der Waals surface area contributed by atoms with Gasteiger partial charge in [0, 0.05) is 35.3 Å². The van der Waals surface area contributed by atoms with E-state index in [1.165, 1.54) is 22.8 Å². The molecule has 0 aliphatic heterocycles. The summed E-state index contributed by atoms with van der Waals surface area (Å²) in [7, 11) is 1.87. The number of hydrogen-bond acceptors (Lipinski definition) is 4. The van der Waals surface area contributed by atoms with E-state index < -0.39 is 0 Å². The zero-order chi connectivity index (χ0) is 20.1. The van der Waals surface area contributed by atoms with Gasteiger partial charge in [-0.1, -0.05) is 23.7 Å². The van der Waals surface area contributed by atoms with Crippen molar-refractivity contribution in [2.45, 2.75) is 0 Å². The summed E-state index contributed by atoms with van der Waals surface area (Å²) in [4.78, 5) is 25.7. The Morgan fingerprint density at radius 3 is 2.50 bits per heavy atom. The van der Waals surface area contributed by atoms with E-state index >= 15 is 0 Å². The number of H-pyrrole nitrogens is 1. The molecule has 3 N–H and O–H groups in total. The minimum Gasteiger partial charge on any atom is -0.508 e. The van der Waals surface area contributed by atoms with Gasteiger partial charge in [0.05, 0.1) is 11.4 Å². The summed E-state index contributed by atoms with van der Waals surface area (Å²) in [5.74, 6) is 0.0728. The predicted molar refractivity (Wildman–Crippen MR) is 112 cm³/mol. The highest BCUT2D eigenvalue weighted by molar-refractivity contribution is 6.30. The molecule has 142 valence electrons. The van der Waals surface area contributed by atoms with Crippen LogP contribution < -0.4 is 10.9 Å². The van der Waals surface area contributed by atoms with Crippen LogP contribution in [0.4, 0.5) is 5.69 Å². The number of rotatable bonds is 3. The van der Waals surface area contributed by atoms with Crippen molar-refractivity contribution < 1.29 is 9.90 Å². The van der Waals surface area contributed by atoms with Crippen LogP contribution >= 0.6 is 11.6 Å². The van der Waals surface area contributed by atoms with Crippen LogP contribution in [0.15, 0.2) is 71.5 Å². The Balaban J connectivity index is 0.000000211. The molecule has 0 saturated heterocycles. The number of aromatic hydroxyl groups is 1. The zero-order valence-electron chi connectivity index (χ0n) is 15.0. The van der Waals surface area contributed by atoms with Crippen molar-refractivity contribution in [1.82, 2.24) is 9.55 Å². The van der Waals surface area contributed by atoms with Crippen LogP contribution in [0.5, 0.6) is 5.75 Å². The smallest absolute Gasteiger partial charge is 0.256 e. The van der Waals surface area contributed by atoms with E-state index in [0.29, 0.717) is 23.3 Å². The first-order valence-corrected chi connectivity index (χ1v) is 8.82. The lowest BCUT2D eigenvalue weighted by Crippen LogP contribution is -2.17. The summed E-state index contributed by atoms with van der Waals surface area (Å²) in [5.41, 5.74) is 2.27. The number of aromatic amines is 1. The van der Waals surface area contributed by atoms with E-state index in [9.17, 15) is 14.7 Å². The summed E-state index contributed by atoms with van der Waals surface area (Å²) in [6, 6.07) is 18.7. The number of aromatic nitrogens is 2. The van der Waals surface area contributed by atoms with Gasteiger partial charge >= 0.3 is 0 Å². The Labute approximate surface area is 166 Å². The molecule has 0 spiro atoms. The van der Waals surface area contributed by atoms with Gasteiger partial charge in [-0.2, -0.15) is 0 Å². The summed E-state index contributed by atoms with van der Waals surface area (Å²) in [6.45, 7) is 0. The fourth-order valence-corrected chi connectivity index (χ4v) is 2.92. The fraction of sp³-hybridized carbons (Fsp3) is 0.0476. The number of carbonyl (C=O) groups is 1. The number of fused-ring (bicyclic) bond motifs is 1. The van der Waals surface area contributed by atoms with Gasteiger partial charge in [-0.05, 0) is 42.5 Å². The van der Waals surface area contributed by atoms with E-state index in [-0.39, 0.29) is 11.3 Å². The number of aldehydes is 1. The second kappa shape index (κ2) is 8.45. The molecule has 28 heavy (non-hydrogen) atoms. The molecule has 0 atom stereocenters. The quantitative estimate of drug-likeness (QED) is 0.453. The van der Waals surface area contributed by atoms with Crippen molar-refractivity contribution in [3.05, 3.63) is 87.8 Å². The van der Waals surface area contributed by atoms with Crippen LogP contribution in [-0.2, 0) is 0 Å². The van der Waals surface area contributed by atoms with Gasteiger partial charge < -0.3 is 15.4 Å². The maximum atomic E-state index is 12.0. The molecule has 0 fully saturated rings. The lowest BCUT2D eigenvalue weighted by molar-refractivity contribution is 0.111. The first kappa shape index (κ1) is 19.3. The first-order valence-electron chi connectivity index (χ1n) is 8.44. The number of pyridine rings is 1. The van der Waals surface area contributed by atoms with E-state index in [4.69, 9.17) is 11.6 Å². The third kappa shape index (κ3) is 4.24. The van der Waals surface area contributed by atoms with E-state index in [1.54, 1.807) is 24.3 Å². The number of halogens is 1. The van der Waals surface area contributed by atoms with Crippen LogP contribution in [0.2, 0.25) is 5.02 Å². The Bertz CT molecular complexity index is 1180. The molecule has 0 unspecified atom stereocenters. The van der Waals surface area contributed by atoms with Crippen LogP contribution in [0.3, 0.4) is 0 Å². The van der Waals surface area contributed by atoms with Crippen LogP contribution in [0.25, 0.3) is 16.7 Å². The number of phenols is 1. The Hall–Kier alpha value is -3.51. The molecule has 0 amide bonds. The molecule has 0 saturated carbocycles. The van der Waals surface area contributed by atoms with Gasteiger partial charge in [0.1, 0.15) is 11.4 Å². The minimum atomic E-state index is -0.239. The van der Waals surface area contributed by atoms with E-state index in [2.05, 4.69) is 10.3 Å². The number of benzene rings is 2. The van der Waals surface area contributed by atoms with Crippen molar-refractivity contribution in [3.8, 4) is 11.4 Å². The normalized spacial score (nSPS) is 10.2. The van der Waals surface area contributed by atoms with Crippen molar-refractivity contribution >= 4 is 34.6 Å². The fourth-order valence-electron chi connectivity index (χ4n) is 2.73. The van der Waals surface area contributed by atoms with Crippen molar-refractivity contribution in [3.63, 3.8) is 0 Å². The predicted octanol–water partition coefficient (Wildman–Crippen LogP) is 4.22. The molecule has 4 rings (SSSR count). The Morgan fingerprint density at radius 2 is 1.86 bits per heavy atom. The number of anilines is 1. The average molecular weight is 396 g/mol. The molecule has 7 heteroatoms. The molecular weight excluding hydrogens is 378 g/mol. The van der Waals surface area contributed by atoms with Crippen molar-refractivity contribution in [2.24, 2.45) is 0 Å². The van der Waals surface area contributed by atoms with Crippen LogP contribution in [0.1, 0.15) is 10.5 Å². The van der Waals surface area contributed by atoms with E-state index in [1.807, 2.05) is 31.3 Å². The molecule has 0 aliphatic carbocycles. The first-order chi connectivity index (χ1) is 13.5. The molecule has 0 radical (unpaired) electrons. The number of nitrogens with zero attached hydrogens (tertiary/aromatic N) is 1. The molecule has 6 nitrogen and oxygen atoms in total. The number of carbonyl (C=O) groups excluding carboxylic acids is 1. The highest BCUT2D eigenvalue weighted by Crippen LogP contribution is 2.19. The highest BCUT2D eigenvalue weighted by atomic mass is 35.5. The maximum absolute atomic E-state index is 12.0. The second-order valence-corrected chi connectivity index (χ2v) is 6.37. The Morgan fingerprint density at radius 1 is 1.07 bits per heavy atom. The SMILES string of the molecule is CNc1cccc(Cl)c1.O=Cc1cc2ccc(=O)n(-c3cccc(O)c3)c2[nH]1. The van der Waals surface area contributed by atoms with Crippen LogP contribution in [-0.4, -0.2) is 28.0 Å². The van der Waals surface area contributed by atoms with Gasteiger partial charge in [0.25, 0.3) is 5.56 Å². The number of phenolic OH excluding ortho intramolecular Hbond substituents is 1. The van der Waals surface area contributed by atoms with Gasteiger partial charge in [-0.25, -0.2) is 0 Å². The van der Waals surface area contributed by atoms with Crippen molar-refractivity contribution in [1.29, 1.82) is 0 Å². The average Bonchev–Trinajstić information content (AvgIpc) is 3.11. The molecule has 2 heterocycles. The molecule has 0 bridgehead atoms. The van der Waals surface area contributed by atoms with E-state index in [0.717, 1.165) is 16.1 Å². The topological polar surface area (TPSA) is 87.1 Å². The monoisotopic (exact) mass is 395 g/mol. The largest absolute Gasteiger partial charge is 0.508 e. The summed E-state index contributed by atoms with van der Waals surface area (Å²) >= 11 is 5.68. The zero-order valence-corrected chi connectivity index (χ0v) is 15.8. The van der Waals surface area contributed by atoms with Gasteiger partial charge in [0.2, 0.25) is 0 Å². The maximum Gasteiger partial charge on any atom is 0.256 e. The van der Waals surface area contributed by atoms with Gasteiger partial charge in [-0.15, -0.1) is 0 Å². The number of nitrogens with one attached hydrogen (secondary N) is 2. The third-order valence-corrected chi connectivity index (χ3v) is 4.26. The third-order valence-electron chi connectivity index (χ3n) is 4.02. The molecule has 4 aromatic rings. The molecule has 2 aromatic heterocycles. The lowest BCUT2D eigenvalue weighted by atomic mass is 10.2. The molecular formula is C21H18ClN3O3. The molecule has 2 aromatic carbocycles. The van der Waals surface area contributed by atoms with Crippen molar-refractivity contribution in [2.75, 3.05) is 12.4 Å². The molecule has 0 aliphatic rings. The highest BCUT2D eigenvalue weighted by Gasteiger charge is 2.09. The lowest BCUT2D eigenvalue weighted by Gasteiger charge is -2.07. The van der Waals surface area contributed by atoms with Gasteiger partial charge in [-0.3, -0.25) is 14.2 Å². The van der Waals surface area contributed by atoms with Gasteiger partial charge in [0.15, 0.2) is 6.29 Å². The minimum absolute atomic E-state index is 0.0728. The summed E-state index contributed by atoms with van der Waals surface area (Å²) in [5, 5.41) is 14.0. The second-order valence-electron chi connectivity index (χ2n) is 5.93. The summed E-state index contributed by atoms with van der Waals surface area (Å²) < 4.78 is 1.42.